The minimum Gasteiger partial charge on any atom is -0.388 e. The van der Waals surface area contributed by atoms with Crippen molar-refractivity contribution in [1.29, 1.82) is 0 Å². The van der Waals surface area contributed by atoms with E-state index in [4.69, 9.17) is 0 Å². The van der Waals surface area contributed by atoms with E-state index in [1.807, 2.05) is 0 Å². The summed E-state index contributed by atoms with van der Waals surface area (Å²) in [5.41, 5.74) is 0.714. The number of halogens is 2. The van der Waals surface area contributed by atoms with Gasteiger partial charge in [-0.25, -0.2) is 8.78 Å². The van der Waals surface area contributed by atoms with Gasteiger partial charge in [-0.15, -0.1) is 0 Å². The van der Waals surface area contributed by atoms with Crippen LogP contribution < -0.4 is 16.0 Å². The summed E-state index contributed by atoms with van der Waals surface area (Å²) in [4.78, 5) is 43.7. The third-order valence-electron chi connectivity index (χ3n) is 7.64. The molecule has 0 bridgehead atoms. The molecule has 5 N–H and O–H groups in total. The lowest BCUT2D eigenvalue weighted by atomic mass is 9.94. The molecule has 0 fully saturated rings. The first-order valence-corrected chi connectivity index (χ1v) is 16.9. The van der Waals surface area contributed by atoms with Gasteiger partial charge in [0.2, 0.25) is 5.91 Å². The number of pyridine rings is 1. The lowest BCUT2D eigenvalue weighted by molar-refractivity contribution is -0.125. The summed E-state index contributed by atoms with van der Waals surface area (Å²) in [6.45, 7) is 5.64. The van der Waals surface area contributed by atoms with Crippen LogP contribution in [0.25, 0.3) is 0 Å². The molecule has 47 heavy (non-hydrogen) atoms. The van der Waals surface area contributed by atoms with Crippen LogP contribution in [-0.2, 0) is 11.2 Å². The molecule has 3 amide bonds. The highest BCUT2D eigenvalue weighted by Crippen LogP contribution is 2.23. The van der Waals surface area contributed by atoms with Gasteiger partial charge in [-0.3, -0.25) is 19.4 Å². The molecule has 0 aliphatic heterocycles. The summed E-state index contributed by atoms with van der Waals surface area (Å²) in [6.07, 6.45) is 3.10. The number of nitrogens with zero attached hydrogens (tertiary/aromatic N) is 1. The summed E-state index contributed by atoms with van der Waals surface area (Å²) in [5.74, 6) is -3.15. The number of aromatic nitrogens is 1. The normalized spacial score (nSPS) is 14.5. The fourth-order valence-corrected chi connectivity index (χ4v) is 6.63. The number of rotatable bonds is 18. The molecule has 0 radical (unpaired) electrons. The molecule has 0 saturated carbocycles. The molecule has 3 aromatic rings. The van der Waals surface area contributed by atoms with Gasteiger partial charge in [-0.2, -0.15) is 11.8 Å². The Kier molecular flexibility index (Phi) is 15.3. The number of hydrogen-bond donors (Lipinski definition) is 5. The van der Waals surface area contributed by atoms with Gasteiger partial charge < -0.3 is 26.2 Å². The molecule has 1 aromatic heterocycles. The molecular formula is C35H44F2N4O5S. The molecular weight excluding hydrogens is 626 g/mol. The zero-order valence-electron chi connectivity index (χ0n) is 26.9. The van der Waals surface area contributed by atoms with Gasteiger partial charge in [-0.1, -0.05) is 44.9 Å². The molecule has 5 unspecified atom stereocenters. The predicted octanol–water partition coefficient (Wildman–Crippen LogP) is 4.43. The van der Waals surface area contributed by atoms with Gasteiger partial charge in [0.05, 0.1) is 17.6 Å². The van der Waals surface area contributed by atoms with Crippen molar-refractivity contribution in [2.45, 2.75) is 88.5 Å². The molecule has 9 nitrogen and oxygen atoms in total. The fourth-order valence-electron chi connectivity index (χ4n) is 5.13. The van der Waals surface area contributed by atoms with Crippen molar-refractivity contribution >= 4 is 29.5 Å². The number of amides is 3. The van der Waals surface area contributed by atoms with E-state index in [2.05, 4.69) is 34.8 Å². The van der Waals surface area contributed by atoms with Crippen LogP contribution in [0.5, 0.6) is 0 Å². The summed E-state index contributed by atoms with van der Waals surface area (Å²) in [5, 5.41) is 30.9. The van der Waals surface area contributed by atoms with Gasteiger partial charge in [-0.05, 0) is 68.1 Å². The minimum atomic E-state index is -1.69. The van der Waals surface area contributed by atoms with Gasteiger partial charge >= 0.3 is 0 Å². The molecule has 0 saturated heterocycles. The van der Waals surface area contributed by atoms with Crippen molar-refractivity contribution in [1.82, 2.24) is 20.9 Å². The molecule has 0 aliphatic rings. The fraction of sp³-hybridized carbons (Fsp3) is 0.429. The average Bonchev–Trinajstić information content (AvgIpc) is 3.05. The van der Waals surface area contributed by atoms with Crippen LogP contribution in [0.3, 0.4) is 0 Å². The smallest absolute Gasteiger partial charge is 0.253 e. The number of aliphatic hydroxyl groups excluding tert-OH is 2. The largest absolute Gasteiger partial charge is 0.388 e. The summed E-state index contributed by atoms with van der Waals surface area (Å²) >= 11 is 1.55. The molecule has 254 valence electrons. The Morgan fingerprint density at radius 1 is 0.830 bits per heavy atom. The second-order valence-electron chi connectivity index (χ2n) is 11.5. The second kappa shape index (κ2) is 19.1. The summed E-state index contributed by atoms with van der Waals surface area (Å²) < 4.78 is 28.3. The monoisotopic (exact) mass is 670 g/mol. The van der Waals surface area contributed by atoms with E-state index in [1.54, 1.807) is 54.2 Å². The van der Waals surface area contributed by atoms with Gasteiger partial charge in [0, 0.05) is 35.0 Å². The first-order chi connectivity index (χ1) is 22.5. The highest BCUT2D eigenvalue weighted by Gasteiger charge is 2.34. The molecule has 12 heteroatoms. The van der Waals surface area contributed by atoms with Crippen LogP contribution in [0, 0.1) is 11.6 Å². The highest BCUT2D eigenvalue weighted by molar-refractivity contribution is 7.99. The van der Waals surface area contributed by atoms with E-state index >= 15 is 0 Å². The Balaban J connectivity index is 1.86. The quantitative estimate of drug-likeness (QED) is 0.135. The Hall–Kier alpha value is -3.87. The van der Waals surface area contributed by atoms with E-state index in [9.17, 15) is 33.4 Å². The van der Waals surface area contributed by atoms with Gasteiger partial charge in [0.15, 0.2) is 0 Å². The van der Waals surface area contributed by atoms with Crippen LogP contribution in [0.2, 0.25) is 0 Å². The molecule has 3 rings (SSSR count). The lowest BCUT2D eigenvalue weighted by Gasteiger charge is -2.32. The minimum absolute atomic E-state index is 0.122. The Bertz CT molecular complexity index is 1410. The van der Waals surface area contributed by atoms with E-state index in [-0.39, 0.29) is 28.6 Å². The van der Waals surface area contributed by atoms with E-state index in [1.165, 1.54) is 19.3 Å². The zero-order valence-corrected chi connectivity index (χ0v) is 27.7. The van der Waals surface area contributed by atoms with E-state index in [0.29, 0.717) is 11.6 Å². The maximum atomic E-state index is 14.1. The number of hydrogen-bond acceptors (Lipinski definition) is 7. The van der Waals surface area contributed by atoms with E-state index < -0.39 is 59.7 Å². The van der Waals surface area contributed by atoms with Crippen LogP contribution in [0.1, 0.15) is 72.7 Å². The zero-order chi connectivity index (χ0) is 34.3. The van der Waals surface area contributed by atoms with Crippen molar-refractivity contribution in [3.8, 4) is 0 Å². The molecule has 1 heterocycles. The summed E-state index contributed by atoms with van der Waals surface area (Å²) in [7, 11) is 0. The molecule has 5 atom stereocenters. The lowest BCUT2D eigenvalue weighted by Crippen LogP contribution is -2.59. The topological polar surface area (TPSA) is 141 Å². The van der Waals surface area contributed by atoms with Gasteiger partial charge in [0.1, 0.15) is 29.9 Å². The van der Waals surface area contributed by atoms with Crippen molar-refractivity contribution in [3.63, 3.8) is 0 Å². The molecule has 0 spiro atoms. The standard InChI is InChI=1S/C35H44F2N4O5S/c1-4-10-28(11-5-2)47-21-30(41-34(45)25-14-9-15-38-20-25)35(46)40-29(18-23-16-26(36)19-27(37)17-23)32(43)31(42)22(3)39-33(44)24-12-7-6-8-13-24/h6-9,12-17,19-20,22,28-32,42-43H,4-5,10-11,18,21H2,1-3H3,(H,39,44)(H,40,46)(H,41,45). The Morgan fingerprint density at radius 2 is 1.45 bits per heavy atom. The number of carbonyl (C=O) groups is 3. The number of nitrogens with one attached hydrogen (secondary N) is 3. The van der Waals surface area contributed by atoms with Crippen LogP contribution in [0.15, 0.2) is 73.1 Å². The van der Waals surface area contributed by atoms with Crippen molar-refractivity contribution < 1.29 is 33.4 Å². The highest BCUT2D eigenvalue weighted by atomic mass is 32.2. The first-order valence-electron chi connectivity index (χ1n) is 15.8. The second-order valence-corrected chi connectivity index (χ2v) is 12.8. The SMILES string of the molecule is CCCC(CCC)SCC(NC(=O)c1cccnc1)C(=O)NC(Cc1cc(F)cc(F)c1)C(O)C(O)C(C)NC(=O)c1ccccc1. The maximum Gasteiger partial charge on any atom is 0.253 e. The molecule has 2 aromatic carbocycles. The van der Waals surface area contributed by atoms with Gasteiger partial charge in [0.25, 0.3) is 11.8 Å². The van der Waals surface area contributed by atoms with Crippen LogP contribution in [-0.4, -0.2) is 74.3 Å². The number of aliphatic hydroxyl groups is 2. The van der Waals surface area contributed by atoms with E-state index in [0.717, 1.165) is 37.8 Å². The van der Waals surface area contributed by atoms with Crippen molar-refractivity contribution in [2.24, 2.45) is 0 Å². The number of thioether (sulfide) groups is 1. The predicted molar refractivity (Wildman–Crippen MR) is 179 cm³/mol. The van der Waals surface area contributed by atoms with Crippen LogP contribution >= 0.6 is 11.8 Å². The average molecular weight is 671 g/mol. The number of benzene rings is 2. The number of carbonyl (C=O) groups excluding carboxylic acids is 3. The van der Waals surface area contributed by atoms with Crippen LogP contribution in [0.4, 0.5) is 8.78 Å². The first kappa shape index (κ1) is 37.6. The van der Waals surface area contributed by atoms with Crippen molar-refractivity contribution in [3.05, 3.63) is 101 Å². The Morgan fingerprint density at radius 3 is 2.04 bits per heavy atom. The van der Waals surface area contributed by atoms with Crippen molar-refractivity contribution in [2.75, 3.05) is 5.75 Å². The Labute approximate surface area is 279 Å². The third-order valence-corrected chi connectivity index (χ3v) is 9.11. The third kappa shape index (κ3) is 12.0. The summed E-state index contributed by atoms with van der Waals surface area (Å²) in [6, 6.07) is 11.0. The molecule has 0 aliphatic carbocycles. The maximum absolute atomic E-state index is 14.1.